The molecule has 2 rings (SSSR count). The Kier molecular flexibility index (Phi) is 6.02. The molecule has 1 amide bonds. The molecule has 2 aromatic rings. The number of rotatable bonds is 7. The highest BCUT2D eigenvalue weighted by Crippen LogP contribution is 2.32. The number of amides is 1. The van der Waals surface area contributed by atoms with E-state index < -0.39 is 0 Å². The molecule has 0 aliphatic heterocycles. The van der Waals surface area contributed by atoms with Gasteiger partial charge in [-0.2, -0.15) is 0 Å². The average molecular weight is 325 g/mol. The van der Waals surface area contributed by atoms with Gasteiger partial charge in [0.2, 0.25) is 0 Å². The predicted molar refractivity (Wildman–Crippen MR) is 98.4 cm³/mol. The maximum atomic E-state index is 11.7. The molecule has 2 aromatic carbocycles. The first-order valence-electron chi connectivity index (χ1n) is 8.45. The Morgan fingerprint density at radius 1 is 1.00 bits per heavy atom. The van der Waals surface area contributed by atoms with E-state index in [1.54, 1.807) is 0 Å². The van der Waals surface area contributed by atoms with E-state index in [1.807, 2.05) is 18.2 Å². The first-order chi connectivity index (χ1) is 11.4. The largest absolute Gasteiger partial charge is 0.484 e. The Hall–Kier alpha value is -2.29. The van der Waals surface area contributed by atoms with Gasteiger partial charge < -0.3 is 10.1 Å². The number of hydrogen-bond donors (Lipinski definition) is 1. The van der Waals surface area contributed by atoms with Crippen molar-refractivity contribution in [2.45, 2.75) is 33.1 Å². The zero-order valence-electron chi connectivity index (χ0n) is 15.0. The fourth-order valence-corrected chi connectivity index (χ4v) is 2.51. The van der Waals surface area contributed by atoms with Gasteiger partial charge in [0, 0.05) is 12.0 Å². The summed E-state index contributed by atoms with van der Waals surface area (Å²) in [5.41, 5.74) is 2.41. The van der Waals surface area contributed by atoms with Gasteiger partial charge in [-0.05, 0) is 29.2 Å². The van der Waals surface area contributed by atoms with Crippen LogP contribution in [0.4, 0.5) is 0 Å². The fourth-order valence-electron chi connectivity index (χ4n) is 2.51. The van der Waals surface area contributed by atoms with Crippen molar-refractivity contribution in [1.82, 2.24) is 5.32 Å². The van der Waals surface area contributed by atoms with Crippen molar-refractivity contribution in [2.24, 2.45) is 5.92 Å². The van der Waals surface area contributed by atoms with Gasteiger partial charge in [-0.3, -0.25) is 4.79 Å². The number of ether oxygens (including phenoxy) is 1. The van der Waals surface area contributed by atoms with E-state index in [0.717, 1.165) is 0 Å². The summed E-state index contributed by atoms with van der Waals surface area (Å²) in [4.78, 5) is 11.7. The molecular weight excluding hydrogens is 298 g/mol. The van der Waals surface area contributed by atoms with E-state index in [4.69, 9.17) is 4.74 Å². The van der Waals surface area contributed by atoms with Gasteiger partial charge in [0.1, 0.15) is 5.75 Å². The Morgan fingerprint density at radius 3 is 2.17 bits per heavy atom. The third-order valence-electron chi connectivity index (χ3n) is 4.15. The van der Waals surface area contributed by atoms with Gasteiger partial charge >= 0.3 is 0 Å². The second-order valence-corrected chi connectivity index (χ2v) is 7.00. The number of nitrogens with one attached hydrogen (secondary N) is 1. The van der Waals surface area contributed by atoms with Crippen LogP contribution >= 0.6 is 0 Å². The van der Waals surface area contributed by atoms with E-state index in [2.05, 4.69) is 69.4 Å². The summed E-state index contributed by atoms with van der Waals surface area (Å²) in [6.07, 6.45) is 0. The molecule has 0 spiro atoms. The first-order valence-corrected chi connectivity index (χ1v) is 8.45. The number of benzene rings is 2. The molecule has 0 saturated heterocycles. The molecule has 0 heterocycles. The van der Waals surface area contributed by atoms with Gasteiger partial charge in [-0.1, -0.05) is 70.2 Å². The molecule has 128 valence electrons. The van der Waals surface area contributed by atoms with Crippen LogP contribution in [0, 0.1) is 5.92 Å². The van der Waals surface area contributed by atoms with Crippen LogP contribution in [0.1, 0.15) is 38.8 Å². The van der Waals surface area contributed by atoms with Crippen LogP contribution in [0.5, 0.6) is 5.75 Å². The highest BCUT2D eigenvalue weighted by atomic mass is 16.5. The normalized spacial score (nSPS) is 11.4. The van der Waals surface area contributed by atoms with Gasteiger partial charge in [-0.25, -0.2) is 0 Å². The lowest BCUT2D eigenvalue weighted by molar-refractivity contribution is -0.123. The van der Waals surface area contributed by atoms with Crippen molar-refractivity contribution < 1.29 is 9.53 Å². The Morgan fingerprint density at radius 2 is 1.58 bits per heavy atom. The summed E-state index contributed by atoms with van der Waals surface area (Å²) in [5.74, 6) is 1.06. The molecule has 0 radical (unpaired) electrons. The molecule has 0 aliphatic carbocycles. The maximum absolute atomic E-state index is 11.7. The minimum absolute atomic E-state index is 0.0497. The SMILES string of the molecule is CC(C)CNC(=O)COc1ccc(C(C)(C)c2ccccc2)cc1. The highest BCUT2D eigenvalue weighted by molar-refractivity contribution is 5.77. The van der Waals surface area contributed by atoms with Crippen LogP contribution < -0.4 is 10.1 Å². The summed E-state index contributed by atoms with van der Waals surface area (Å²) in [5, 5.41) is 2.85. The molecule has 0 unspecified atom stereocenters. The molecule has 0 aromatic heterocycles. The molecular formula is C21H27NO2. The quantitative estimate of drug-likeness (QED) is 0.830. The lowest BCUT2D eigenvalue weighted by atomic mass is 9.78. The molecule has 24 heavy (non-hydrogen) atoms. The first kappa shape index (κ1) is 18.1. The Balaban J connectivity index is 1.97. The Bertz CT molecular complexity index is 645. The zero-order valence-corrected chi connectivity index (χ0v) is 15.0. The van der Waals surface area contributed by atoms with Crippen LogP contribution in [0.2, 0.25) is 0 Å². The zero-order chi connectivity index (χ0) is 17.6. The predicted octanol–water partition coefficient (Wildman–Crippen LogP) is 4.16. The smallest absolute Gasteiger partial charge is 0.257 e. The number of hydrogen-bond acceptors (Lipinski definition) is 2. The molecule has 0 fully saturated rings. The summed E-state index contributed by atoms with van der Waals surface area (Å²) in [7, 11) is 0. The van der Waals surface area contributed by atoms with Gasteiger partial charge in [0.25, 0.3) is 5.91 Å². The van der Waals surface area contributed by atoms with Gasteiger partial charge in [0.05, 0.1) is 0 Å². The van der Waals surface area contributed by atoms with E-state index in [-0.39, 0.29) is 17.9 Å². The monoisotopic (exact) mass is 325 g/mol. The standard InChI is InChI=1S/C21H27NO2/c1-16(2)14-22-20(23)15-24-19-12-10-18(11-13-19)21(3,4)17-8-6-5-7-9-17/h5-13,16H,14-15H2,1-4H3,(H,22,23). The molecule has 0 atom stereocenters. The van der Waals surface area contributed by atoms with Crippen molar-refractivity contribution >= 4 is 5.91 Å². The van der Waals surface area contributed by atoms with Gasteiger partial charge in [-0.15, -0.1) is 0 Å². The van der Waals surface area contributed by atoms with Crippen LogP contribution in [-0.2, 0) is 10.2 Å². The van der Waals surface area contributed by atoms with Crippen molar-refractivity contribution in [3.63, 3.8) is 0 Å². The van der Waals surface area contributed by atoms with Gasteiger partial charge in [0.15, 0.2) is 6.61 Å². The lowest BCUT2D eigenvalue weighted by Gasteiger charge is -2.26. The topological polar surface area (TPSA) is 38.3 Å². The average Bonchev–Trinajstić information content (AvgIpc) is 2.59. The summed E-state index contributed by atoms with van der Waals surface area (Å²) in [6.45, 7) is 9.26. The van der Waals surface area contributed by atoms with E-state index >= 15 is 0 Å². The second-order valence-electron chi connectivity index (χ2n) is 7.00. The third kappa shape index (κ3) is 4.85. The van der Waals surface area contributed by atoms with Crippen LogP contribution in [0.15, 0.2) is 54.6 Å². The van der Waals surface area contributed by atoms with E-state index in [0.29, 0.717) is 18.2 Å². The van der Waals surface area contributed by atoms with Crippen LogP contribution in [-0.4, -0.2) is 19.1 Å². The third-order valence-corrected chi connectivity index (χ3v) is 4.15. The summed E-state index contributed by atoms with van der Waals surface area (Å²) < 4.78 is 5.56. The van der Waals surface area contributed by atoms with Crippen molar-refractivity contribution in [3.05, 3.63) is 65.7 Å². The fraction of sp³-hybridized carbons (Fsp3) is 0.381. The van der Waals surface area contributed by atoms with Crippen molar-refractivity contribution in [2.75, 3.05) is 13.2 Å². The second kappa shape index (κ2) is 8.00. The number of carbonyl (C=O) groups excluding carboxylic acids is 1. The molecule has 1 N–H and O–H groups in total. The highest BCUT2D eigenvalue weighted by Gasteiger charge is 2.22. The van der Waals surface area contributed by atoms with E-state index in [1.165, 1.54) is 11.1 Å². The Labute approximate surface area is 145 Å². The molecule has 3 heteroatoms. The molecule has 0 bridgehead atoms. The van der Waals surface area contributed by atoms with E-state index in [9.17, 15) is 4.79 Å². The number of carbonyl (C=O) groups is 1. The maximum Gasteiger partial charge on any atom is 0.257 e. The van der Waals surface area contributed by atoms with Crippen molar-refractivity contribution in [1.29, 1.82) is 0 Å². The molecule has 0 aliphatic rings. The molecule has 3 nitrogen and oxygen atoms in total. The summed E-state index contributed by atoms with van der Waals surface area (Å²) in [6, 6.07) is 18.4. The lowest BCUT2D eigenvalue weighted by Crippen LogP contribution is -2.31. The minimum atomic E-state index is -0.0857. The minimum Gasteiger partial charge on any atom is -0.484 e. The van der Waals surface area contributed by atoms with Crippen molar-refractivity contribution in [3.8, 4) is 5.75 Å². The van der Waals surface area contributed by atoms with Crippen LogP contribution in [0.25, 0.3) is 0 Å². The molecule has 0 saturated carbocycles. The summed E-state index contributed by atoms with van der Waals surface area (Å²) >= 11 is 0. The van der Waals surface area contributed by atoms with Crippen LogP contribution in [0.3, 0.4) is 0 Å².